The van der Waals surface area contributed by atoms with E-state index in [0.717, 1.165) is 17.5 Å². The van der Waals surface area contributed by atoms with Crippen LogP contribution in [0.4, 0.5) is 17.1 Å². The average Bonchev–Trinajstić information content (AvgIpc) is 3.11. The van der Waals surface area contributed by atoms with Gasteiger partial charge in [-0.05, 0) is 23.5 Å². The third kappa shape index (κ3) is 2.61. The molecule has 26 heavy (non-hydrogen) atoms. The Morgan fingerprint density at radius 2 is 1.73 bits per heavy atom. The topological polar surface area (TPSA) is 98.3 Å². The van der Waals surface area contributed by atoms with Gasteiger partial charge in [0.05, 0.1) is 26.6 Å². The summed E-state index contributed by atoms with van der Waals surface area (Å²) in [5, 5.41) is 25.7. The van der Waals surface area contributed by atoms with Gasteiger partial charge in [-0.1, -0.05) is 35.9 Å². The molecule has 4 rings (SSSR count). The van der Waals surface area contributed by atoms with Crippen molar-refractivity contribution in [3.8, 4) is 0 Å². The molecule has 8 heteroatoms. The van der Waals surface area contributed by atoms with Crippen molar-refractivity contribution in [3.63, 3.8) is 0 Å². The lowest BCUT2D eigenvalue weighted by Crippen LogP contribution is -2.29. The largest absolute Gasteiger partial charge is 0.376 e. The van der Waals surface area contributed by atoms with Crippen LogP contribution in [-0.2, 0) is 0 Å². The van der Waals surface area contributed by atoms with Gasteiger partial charge in [-0.3, -0.25) is 20.2 Å². The van der Waals surface area contributed by atoms with Gasteiger partial charge in [0.25, 0.3) is 11.4 Å². The molecule has 0 amide bonds. The second kappa shape index (κ2) is 6.10. The molecule has 7 nitrogen and oxygen atoms in total. The minimum Gasteiger partial charge on any atom is -0.376 e. The first-order valence-corrected chi connectivity index (χ1v) is 8.49. The van der Waals surface area contributed by atoms with E-state index in [-0.39, 0.29) is 29.3 Å². The summed E-state index contributed by atoms with van der Waals surface area (Å²) >= 11 is 6.32. The minimum absolute atomic E-state index is 0.0174. The van der Waals surface area contributed by atoms with Crippen LogP contribution in [0, 0.1) is 26.1 Å². The standard InChI is InChI=1S/C18H14ClN3O4/c19-16-9-12(22(25)26)8-15-13-2-1-3-14(13)17(20-18(15)16)10-4-6-11(7-5-10)21(23)24/h1-2,4-9,13-14,17,20H,3H2/t13-,14-,17+/m1/s1. The molecular weight excluding hydrogens is 358 g/mol. The van der Waals surface area contributed by atoms with Crippen molar-refractivity contribution in [1.29, 1.82) is 0 Å². The predicted octanol–water partition coefficient (Wildman–Crippen LogP) is 4.98. The van der Waals surface area contributed by atoms with Crippen molar-refractivity contribution in [2.75, 3.05) is 5.32 Å². The van der Waals surface area contributed by atoms with Crippen molar-refractivity contribution >= 4 is 28.7 Å². The highest BCUT2D eigenvalue weighted by molar-refractivity contribution is 6.33. The van der Waals surface area contributed by atoms with Crippen LogP contribution in [0.5, 0.6) is 0 Å². The van der Waals surface area contributed by atoms with Gasteiger partial charge in [-0.15, -0.1) is 0 Å². The second-order valence-electron chi connectivity index (χ2n) is 6.47. The van der Waals surface area contributed by atoms with Crippen LogP contribution in [0.2, 0.25) is 5.02 Å². The molecule has 0 fully saturated rings. The van der Waals surface area contributed by atoms with Crippen LogP contribution in [0.25, 0.3) is 0 Å². The van der Waals surface area contributed by atoms with Crippen LogP contribution >= 0.6 is 11.6 Å². The van der Waals surface area contributed by atoms with Gasteiger partial charge in [0.15, 0.2) is 0 Å². The number of nitro benzene ring substituents is 2. The molecule has 0 spiro atoms. The first-order valence-electron chi connectivity index (χ1n) is 8.11. The van der Waals surface area contributed by atoms with Gasteiger partial charge in [0, 0.05) is 30.2 Å². The summed E-state index contributed by atoms with van der Waals surface area (Å²) in [6.45, 7) is 0. The van der Waals surface area contributed by atoms with Crippen LogP contribution in [0.3, 0.4) is 0 Å². The molecule has 0 saturated heterocycles. The summed E-state index contributed by atoms with van der Waals surface area (Å²) < 4.78 is 0. The number of allylic oxidation sites excluding steroid dienone is 2. The Morgan fingerprint density at radius 1 is 1.04 bits per heavy atom. The highest BCUT2D eigenvalue weighted by Crippen LogP contribution is 2.52. The van der Waals surface area contributed by atoms with Crippen molar-refractivity contribution in [2.45, 2.75) is 18.4 Å². The summed E-state index contributed by atoms with van der Waals surface area (Å²) in [5.41, 5.74) is 2.45. The van der Waals surface area contributed by atoms with E-state index in [2.05, 4.69) is 17.5 Å². The number of hydrogen-bond acceptors (Lipinski definition) is 5. The summed E-state index contributed by atoms with van der Waals surface area (Å²) in [7, 11) is 0. The fourth-order valence-electron chi connectivity index (χ4n) is 3.88. The maximum absolute atomic E-state index is 11.2. The maximum Gasteiger partial charge on any atom is 0.271 e. The van der Waals surface area contributed by atoms with Gasteiger partial charge in [0.1, 0.15) is 0 Å². The van der Waals surface area contributed by atoms with E-state index in [1.165, 1.54) is 18.2 Å². The number of nitro groups is 2. The maximum atomic E-state index is 11.2. The zero-order chi connectivity index (χ0) is 18.4. The number of nitrogens with one attached hydrogen (secondary N) is 1. The van der Waals surface area contributed by atoms with Gasteiger partial charge in [0.2, 0.25) is 0 Å². The molecule has 1 aliphatic heterocycles. The summed E-state index contributed by atoms with van der Waals surface area (Å²) in [6.07, 6.45) is 4.94. The Kier molecular flexibility index (Phi) is 3.88. The zero-order valence-corrected chi connectivity index (χ0v) is 14.2. The quantitative estimate of drug-likeness (QED) is 0.466. The lowest BCUT2D eigenvalue weighted by Gasteiger charge is -2.37. The SMILES string of the molecule is O=[N+]([O-])c1ccc([C@@H]2Nc3c(Cl)cc([N+](=O)[O-])cc3[C@@H]3C=CC[C@H]32)cc1. The molecule has 0 saturated carbocycles. The normalized spacial score (nSPS) is 23.0. The number of hydrogen-bond donors (Lipinski definition) is 1. The molecule has 2 aromatic rings. The van der Waals surface area contributed by atoms with Crippen molar-refractivity contribution in [3.05, 3.63) is 84.9 Å². The molecule has 1 heterocycles. The fraction of sp³-hybridized carbons (Fsp3) is 0.222. The number of anilines is 1. The van der Waals surface area contributed by atoms with E-state index in [9.17, 15) is 20.2 Å². The van der Waals surface area contributed by atoms with E-state index in [1.54, 1.807) is 18.2 Å². The molecule has 2 aromatic carbocycles. The van der Waals surface area contributed by atoms with E-state index in [0.29, 0.717) is 10.7 Å². The van der Waals surface area contributed by atoms with Crippen molar-refractivity contribution in [1.82, 2.24) is 0 Å². The molecule has 1 N–H and O–H groups in total. The first-order chi connectivity index (χ1) is 12.5. The molecule has 1 aliphatic carbocycles. The molecular formula is C18H14ClN3O4. The lowest BCUT2D eigenvalue weighted by molar-refractivity contribution is -0.385. The van der Waals surface area contributed by atoms with E-state index in [4.69, 9.17) is 11.6 Å². The third-order valence-corrected chi connectivity index (χ3v) is 5.38. The van der Waals surface area contributed by atoms with Crippen molar-refractivity contribution < 1.29 is 9.85 Å². The first kappa shape index (κ1) is 16.5. The number of fused-ring (bicyclic) bond motifs is 3. The lowest BCUT2D eigenvalue weighted by atomic mass is 9.77. The molecule has 3 atom stereocenters. The number of benzene rings is 2. The van der Waals surface area contributed by atoms with Crippen LogP contribution in [0.15, 0.2) is 48.6 Å². The number of halogens is 1. The highest BCUT2D eigenvalue weighted by Gasteiger charge is 2.39. The van der Waals surface area contributed by atoms with Crippen LogP contribution < -0.4 is 5.32 Å². The summed E-state index contributed by atoms with van der Waals surface area (Å²) in [6, 6.07) is 9.31. The molecule has 132 valence electrons. The van der Waals surface area contributed by atoms with Crippen LogP contribution in [-0.4, -0.2) is 9.85 Å². The smallest absolute Gasteiger partial charge is 0.271 e. The van der Waals surface area contributed by atoms with E-state index in [1.807, 2.05) is 0 Å². The van der Waals surface area contributed by atoms with Gasteiger partial charge < -0.3 is 5.32 Å². The minimum atomic E-state index is -0.442. The molecule has 0 aromatic heterocycles. The predicted molar refractivity (Wildman–Crippen MR) is 97.6 cm³/mol. The Labute approximate surface area is 153 Å². The number of rotatable bonds is 3. The monoisotopic (exact) mass is 371 g/mol. The van der Waals surface area contributed by atoms with E-state index < -0.39 is 9.85 Å². The Balaban J connectivity index is 1.77. The Bertz CT molecular complexity index is 942. The highest BCUT2D eigenvalue weighted by atomic mass is 35.5. The van der Waals surface area contributed by atoms with Gasteiger partial charge >= 0.3 is 0 Å². The summed E-state index contributed by atoms with van der Waals surface area (Å²) in [5.74, 6) is 0.186. The van der Waals surface area contributed by atoms with Crippen LogP contribution in [0.1, 0.15) is 29.5 Å². The molecule has 0 bridgehead atoms. The second-order valence-corrected chi connectivity index (χ2v) is 6.88. The van der Waals surface area contributed by atoms with E-state index >= 15 is 0 Å². The summed E-state index contributed by atoms with van der Waals surface area (Å²) in [4.78, 5) is 21.2. The van der Waals surface area contributed by atoms with Crippen molar-refractivity contribution in [2.24, 2.45) is 5.92 Å². The number of non-ortho nitro benzene ring substituents is 2. The zero-order valence-electron chi connectivity index (χ0n) is 13.5. The fourth-order valence-corrected chi connectivity index (χ4v) is 4.15. The van der Waals surface area contributed by atoms with Gasteiger partial charge in [-0.2, -0.15) is 0 Å². The molecule has 0 unspecified atom stereocenters. The Hall–Kier alpha value is -2.93. The third-order valence-electron chi connectivity index (χ3n) is 5.08. The molecule has 0 radical (unpaired) electrons. The number of nitrogens with zero attached hydrogens (tertiary/aromatic N) is 2. The average molecular weight is 372 g/mol. The Morgan fingerprint density at radius 3 is 2.38 bits per heavy atom. The van der Waals surface area contributed by atoms with Gasteiger partial charge in [-0.25, -0.2) is 0 Å². The molecule has 2 aliphatic rings.